The van der Waals surface area contributed by atoms with Gasteiger partial charge in [0, 0.05) is 11.8 Å². The number of aliphatic carboxylic acids is 1. The third kappa shape index (κ3) is 1.79. The van der Waals surface area contributed by atoms with Crippen molar-refractivity contribution in [2.45, 2.75) is 65.7 Å². The van der Waals surface area contributed by atoms with Crippen LogP contribution in [0.4, 0.5) is 0 Å². The Balaban J connectivity index is 2.11. The molecule has 1 N–H and O–H groups in total. The van der Waals surface area contributed by atoms with Crippen LogP contribution in [0.5, 0.6) is 0 Å². The van der Waals surface area contributed by atoms with Crippen molar-refractivity contribution in [3.05, 3.63) is 11.6 Å². The summed E-state index contributed by atoms with van der Waals surface area (Å²) in [6.45, 7) is 6.35. The van der Waals surface area contributed by atoms with Gasteiger partial charge in [-0.2, -0.15) is 0 Å². The highest BCUT2D eigenvalue weighted by molar-refractivity contribution is 5.86. The third-order valence-corrected chi connectivity index (χ3v) is 6.79. The first-order valence-corrected chi connectivity index (χ1v) is 8.23. The third-order valence-electron chi connectivity index (χ3n) is 6.79. The minimum Gasteiger partial charge on any atom is -0.481 e. The Kier molecular flexibility index (Phi) is 3.13. The minimum absolute atomic E-state index is 0.117. The summed E-state index contributed by atoms with van der Waals surface area (Å²) < 4.78 is 0. The van der Waals surface area contributed by atoms with Gasteiger partial charge in [-0.3, -0.25) is 9.59 Å². The standard InChI is InChI=1S/C18H26O3/c1-16(2)12-7-11-18(15(20)21)9-5-4-6-13(18)17(12,3)10-8-14(16)19/h6,12H,4-5,7-11H2,1-3H3,(H,20,21)/t12-,17-,18-/m0/s1. The van der Waals surface area contributed by atoms with Gasteiger partial charge in [-0.05, 0) is 49.9 Å². The molecule has 0 aromatic carbocycles. The van der Waals surface area contributed by atoms with Crippen LogP contribution in [0, 0.1) is 22.2 Å². The summed E-state index contributed by atoms with van der Waals surface area (Å²) in [5.74, 6) is -0.0184. The molecule has 0 saturated heterocycles. The number of carboxylic acids is 1. The van der Waals surface area contributed by atoms with E-state index >= 15 is 0 Å². The van der Waals surface area contributed by atoms with Gasteiger partial charge < -0.3 is 5.11 Å². The Morgan fingerprint density at radius 2 is 1.95 bits per heavy atom. The van der Waals surface area contributed by atoms with Crippen LogP contribution < -0.4 is 0 Å². The molecule has 0 spiro atoms. The lowest BCUT2D eigenvalue weighted by Gasteiger charge is -2.59. The molecule has 0 aromatic heterocycles. The van der Waals surface area contributed by atoms with Crippen molar-refractivity contribution in [1.29, 1.82) is 0 Å². The molecule has 0 aliphatic heterocycles. The molecule has 3 aliphatic carbocycles. The molecule has 3 nitrogen and oxygen atoms in total. The maximum Gasteiger partial charge on any atom is 0.313 e. The molecule has 3 aliphatic rings. The van der Waals surface area contributed by atoms with Crippen molar-refractivity contribution < 1.29 is 14.7 Å². The van der Waals surface area contributed by atoms with E-state index in [-0.39, 0.29) is 16.7 Å². The van der Waals surface area contributed by atoms with E-state index in [0.717, 1.165) is 37.7 Å². The van der Waals surface area contributed by atoms with Crippen LogP contribution in [0.2, 0.25) is 0 Å². The molecule has 2 saturated carbocycles. The summed E-state index contributed by atoms with van der Waals surface area (Å²) in [7, 11) is 0. The van der Waals surface area contributed by atoms with Gasteiger partial charge in [-0.25, -0.2) is 0 Å². The van der Waals surface area contributed by atoms with Crippen LogP contribution in [0.25, 0.3) is 0 Å². The van der Waals surface area contributed by atoms with Crippen LogP contribution in [-0.2, 0) is 9.59 Å². The average Bonchev–Trinajstić information content (AvgIpc) is 2.43. The predicted molar refractivity (Wildman–Crippen MR) is 80.9 cm³/mol. The van der Waals surface area contributed by atoms with Crippen molar-refractivity contribution in [2.24, 2.45) is 22.2 Å². The molecule has 0 aromatic rings. The number of carbonyl (C=O) groups excluding carboxylic acids is 1. The van der Waals surface area contributed by atoms with Crippen molar-refractivity contribution in [3.63, 3.8) is 0 Å². The lowest BCUT2D eigenvalue weighted by molar-refractivity contribution is -0.155. The van der Waals surface area contributed by atoms with Crippen LogP contribution in [-0.4, -0.2) is 16.9 Å². The average molecular weight is 290 g/mol. The summed E-state index contributed by atoms with van der Waals surface area (Å²) in [6.07, 6.45) is 7.90. The Labute approximate surface area is 126 Å². The van der Waals surface area contributed by atoms with E-state index in [2.05, 4.69) is 26.8 Å². The van der Waals surface area contributed by atoms with Crippen LogP contribution in [0.15, 0.2) is 11.6 Å². The summed E-state index contributed by atoms with van der Waals surface area (Å²) in [5, 5.41) is 9.90. The highest BCUT2D eigenvalue weighted by atomic mass is 16.4. The van der Waals surface area contributed by atoms with Gasteiger partial charge >= 0.3 is 5.97 Å². The van der Waals surface area contributed by atoms with Crippen LogP contribution in [0.3, 0.4) is 0 Å². The Bertz CT molecular complexity index is 531. The highest BCUT2D eigenvalue weighted by Gasteiger charge is 2.61. The molecular formula is C18H26O3. The zero-order chi connectivity index (χ0) is 15.5. The quantitative estimate of drug-likeness (QED) is 0.743. The molecule has 2 fully saturated rings. The fourth-order valence-corrected chi connectivity index (χ4v) is 5.60. The van der Waals surface area contributed by atoms with E-state index in [1.807, 2.05) is 0 Å². The monoisotopic (exact) mass is 290 g/mol. The van der Waals surface area contributed by atoms with E-state index in [4.69, 9.17) is 0 Å². The number of rotatable bonds is 1. The van der Waals surface area contributed by atoms with Gasteiger partial charge in [0.2, 0.25) is 0 Å². The zero-order valence-electron chi connectivity index (χ0n) is 13.4. The second kappa shape index (κ2) is 4.44. The van der Waals surface area contributed by atoms with Gasteiger partial charge in [0.1, 0.15) is 5.78 Å². The van der Waals surface area contributed by atoms with Gasteiger partial charge in [0.25, 0.3) is 0 Å². The van der Waals surface area contributed by atoms with Crippen molar-refractivity contribution >= 4 is 11.8 Å². The van der Waals surface area contributed by atoms with E-state index in [1.165, 1.54) is 0 Å². The molecule has 0 bridgehead atoms. The van der Waals surface area contributed by atoms with Crippen LogP contribution in [0.1, 0.15) is 65.7 Å². The summed E-state index contributed by atoms with van der Waals surface area (Å²) in [6, 6.07) is 0. The summed E-state index contributed by atoms with van der Waals surface area (Å²) in [4.78, 5) is 24.4. The number of ketones is 1. The molecule has 0 radical (unpaired) electrons. The molecule has 3 atom stereocenters. The molecular weight excluding hydrogens is 264 g/mol. The molecule has 0 unspecified atom stereocenters. The Morgan fingerprint density at radius 3 is 2.62 bits per heavy atom. The number of hydrogen-bond acceptors (Lipinski definition) is 2. The van der Waals surface area contributed by atoms with E-state index < -0.39 is 11.4 Å². The second-order valence-electron chi connectivity index (χ2n) is 8.05. The number of carbonyl (C=O) groups is 2. The number of Topliss-reactive ketones (excluding diaryl/α,β-unsaturated/α-hetero) is 1. The van der Waals surface area contributed by atoms with E-state index in [0.29, 0.717) is 18.6 Å². The Hall–Kier alpha value is -1.12. The van der Waals surface area contributed by atoms with Gasteiger partial charge in [-0.15, -0.1) is 0 Å². The predicted octanol–water partition coefficient (Wildman–Crippen LogP) is 3.97. The van der Waals surface area contributed by atoms with Gasteiger partial charge in [0.05, 0.1) is 5.41 Å². The zero-order valence-corrected chi connectivity index (χ0v) is 13.4. The number of carboxylic acid groups (broad SMARTS) is 1. The maximum atomic E-state index is 12.4. The first-order chi connectivity index (χ1) is 9.75. The number of fused-ring (bicyclic) bond motifs is 3. The lowest BCUT2D eigenvalue weighted by atomic mass is 9.44. The van der Waals surface area contributed by atoms with Crippen LogP contribution >= 0.6 is 0 Å². The molecule has 0 amide bonds. The molecule has 116 valence electrons. The fraction of sp³-hybridized carbons (Fsp3) is 0.778. The van der Waals surface area contributed by atoms with Crippen molar-refractivity contribution in [3.8, 4) is 0 Å². The van der Waals surface area contributed by atoms with E-state index in [1.54, 1.807) is 0 Å². The minimum atomic E-state index is -0.653. The SMILES string of the molecule is CC1(C)C(=O)CC[C@]2(C)C3=CCCC[C@]3(C(=O)O)CC[C@@H]12. The topological polar surface area (TPSA) is 54.4 Å². The maximum absolute atomic E-state index is 12.4. The summed E-state index contributed by atoms with van der Waals surface area (Å²) in [5.41, 5.74) is 0.0512. The normalized spacial score (nSPS) is 41.8. The van der Waals surface area contributed by atoms with Gasteiger partial charge in [-0.1, -0.05) is 32.4 Å². The largest absolute Gasteiger partial charge is 0.481 e. The highest BCUT2D eigenvalue weighted by Crippen LogP contribution is 2.65. The second-order valence-corrected chi connectivity index (χ2v) is 8.05. The first kappa shape index (κ1) is 14.8. The smallest absolute Gasteiger partial charge is 0.313 e. The Morgan fingerprint density at radius 1 is 1.24 bits per heavy atom. The van der Waals surface area contributed by atoms with Gasteiger partial charge in [0.15, 0.2) is 0 Å². The fourth-order valence-electron chi connectivity index (χ4n) is 5.60. The molecule has 3 heteroatoms. The molecule has 3 rings (SSSR count). The first-order valence-electron chi connectivity index (χ1n) is 8.23. The molecule has 21 heavy (non-hydrogen) atoms. The van der Waals surface area contributed by atoms with Crippen molar-refractivity contribution in [2.75, 3.05) is 0 Å². The number of hydrogen-bond donors (Lipinski definition) is 1. The van der Waals surface area contributed by atoms with E-state index in [9.17, 15) is 14.7 Å². The summed E-state index contributed by atoms with van der Waals surface area (Å²) >= 11 is 0. The van der Waals surface area contributed by atoms with Crippen molar-refractivity contribution in [1.82, 2.24) is 0 Å². The number of allylic oxidation sites excluding steroid dienone is 1. The molecule has 0 heterocycles. The lowest BCUT2D eigenvalue weighted by Crippen LogP contribution is -2.56.